The van der Waals surface area contributed by atoms with Crippen molar-refractivity contribution in [2.75, 3.05) is 5.32 Å². The third kappa shape index (κ3) is 4.51. The van der Waals surface area contributed by atoms with Gasteiger partial charge >= 0.3 is 0 Å². The highest BCUT2D eigenvalue weighted by atomic mass is 35.5. The lowest BCUT2D eigenvalue weighted by Gasteiger charge is -2.36. The van der Waals surface area contributed by atoms with Crippen molar-refractivity contribution in [1.29, 1.82) is 0 Å². The molecular formula is C23H27ClN2O2S. The van der Waals surface area contributed by atoms with Crippen molar-refractivity contribution in [3.8, 4) is 0 Å². The van der Waals surface area contributed by atoms with Crippen molar-refractivity contribution in [3.05, 3.63) is 51.4 Å². The van der Waals surface area contributed by atoms with E-state index in [0.717, 1.165) is 42.0 Å². The summed E-state index contributed by atoms with van der Waals surface area (Å²) in [6.07, 6.45) is 6.82. The van der Waals surface area contributed by atoms with Crippen molar-refractivity contribution in [2.45, 2.75) is 64.5 Å². The highest BCUT2D eigenvalue weighted by Gasteiger charge is 2.39. The summed E-state index contributed by atoms with van der Waals surface area (Å²) in [4.78, 5) is 28.9. The van der Waals surface area contributed by atoms with Crippen molar-refractivity contribution < 1.29 is 9.59 Å². The average Bonchev–Trinajstić information content (AvgIpc) is 3.46. The van der Waals surface area contributed by atoms with Crippen LogP contribution < -0.4 is 5.32 Å². The molecule has 2 fully saturated rings. The Morgan fingerprint density at radius 2 is 1.69 bits per heavy atom. The van der Waals surface area contributed by atoms with Crippen LogP contribution >= 0.6 is 22.9 Å². The summed E-state index contributed by atoms with van der Waals surface area (Å²) in [5, 5.41) is 4.01. The number of carbonyl (C=O) groups is 2. The summed E-state index contributed by atoms with van der Waals surface area (Å²) in [5.74, 6) is 0.640. The minimum atomic E-state index is -0.254. The van der Waals surface area contributed by atoms with E-state index in [4.69, 9.17) is 11.6 Å². The number of hydrogen-bond acceptors (Lipinski definition) is 3. The van der Waals surface area contributed by atoms with Crippen LogP contribution in [0.2, 0.25) is 5.02 Å². The average molecular weight is 431 g/mol. The minimum absolute atomic E-state index is 0.132. The molecule has 0 unspecified atom stereocenters. The molecule has 2 amide bonds. The molecule has 0 bridgehead atoms. The second-order valence-electron chi connectivity index (χ2n) is 8.41. The van der Waals surface area contributed by atoms with Gasteiger partial charge in [-0.15, -0.1) is 11.3 Å². The molecular weight excluding hydrogens is 404 g/mol. The van der Waals surface area contributed by atoms with Gasteiger partial charge in [0.05, 0.1) is 20.5 Å². The lowest BCUT2D eigenvalue weighted by molar-refractivity contribution is 0.0597. The Balaban J connectivity index is 1.51. The van der Waals surface area contributed by atoms with E-state index in [9.17, 15) is 9.59 Å². The number of nitrogens with zero attached hydrogens (tertiary/aromatic N) is 1. The van der Waals surface area contributed by atoms with E-state index < -0.39 is 0 Å². The molecule has 1 aromatic heterocycles. The maximum absolute atomic E-state index is 13.5. The normalized spacial score (nSPS) is 21.6. The van der Waals surface area contributed by atoms with E-state index in [0.29, 0.717) is 27.7 Å². The summed E-state index contributed by atoms with van der Waals surface area (Å²) in [6.45, 7) is 4.25. The molecule has 4 nitrogen and oxygen atoms in total. The standard InChI is InChI=1S/C23H27ClN2O2S/c1-14-7-9-16(10-8-14)26(17-11-12-17)23(28)21-15(2)13-20(29-21)25-22(27)18-5-3-4-6-19(18)24/h3-6,13-14,16-17H,7-12H2,1-2H3,(H,25,27). The van der Waals surface area contributed by atoms with Gasteiger partial charge in [-0.3, -0.25) is 9.59 Å². The maximum atomic E-state index is 13.5. The van der Waals surface area contributed by atoms with Gasteiger partial charge in [0.15, 0.2) is 0 Å². The summed E-state index contributed by atoms with van der Waals surface area (Å²) >= 11 is 7.50. The van der Waals surface area contributed by atoms with Gasteiger partial charge in [0.2, 0.25) is 0 Å². The first-order valence-electron chi connectivity index (χ1n) is 10.4. The molecule has 2 aliphatic rings. The topological polar surface area (TPSA) is 49.4 Å². The molecule has 1 heterocycles. The monoisotopic (exact) mass is 430 g/mol. The first kappa shape index (κ1) is 20.4. The lowest BCUT2D eigenvalue weighted by Crippen LogP contribution is -2.43. The van der Waals surface area contributed by atoms with Gasteiger partial charge in [-0.25, -0.2) is 0 Å². The van der Waals surface area contributed by atoms with Crippen LogP contribution in [-0.2, 0) is 0 Å². The molecule has 1 aromatic carbocycles. The zero-order chi connectivity index (χ0) is 20.5. The Bertz CT molecular complexity index is 913. The van der Waals surface area contributed by atoms with Gasteiger partial charge in [-0.1, -0.05) is 30.7 Å². The number of anilines is 1. The Kier molecular flexibility index (Phi) is 5.98. The number of thiophene rings is 1. The van der Waals surface area contributed by atoms with Gasteiger partial charge in [0.1, 0.15) is 0 Å². The molecule has 2 aromatic rings. The van der Waals surface area contributed by atoms with Crippen LogP contribution in [0.25, 0.3) is 0 Å². The van der Waals surface area contributed by atoms with Crippen LogP contribution in [0.15, 0.2) is 30.3 Å². The van der Waals surface area contributed by atoms with Crippen LogP contribution in [0.1, 0.15) is 71.0 Å². The minimum Gasteiger partial charge on any atom is -0.332 e. The molecule has 0 aliphatic heterocycles. The maximum Gasteiger partial charge on any atom is 0.264 e. The molecule has 0 spiro atoms. The van der Waals surface area contributed by atoms with Crippen molar-refractivity contribution in [3.63, 3.8) is 0 Å². The second kappa shape index (κ2) is 8.49. The summed E-state index contributed by atoms with van der Waals surface area (Å²) < 4.78 is 0. The molecule has 4 rings (SSSR count). The number of hydrogen-bond donors (Lipinski definition) is 1. The number of halogens is 1. The summed E-state index contributed by atoms with van der Waals surface area (Å²) in [7, 11) is 0. The van der Waals surface area contributed by atoms with Crippen LogP contribution in [0.3, 0.4) is 0 Å². The molecule has 0 radical (unpaired) electrons. The summed E-state index contributed by atoms with van der Waals surface area (Å²) in [6, 6.07) is 9.61. The molecule has 1 N–H and O–H groups in total. The highest BCUT2D eigenvalue weighted by molar-refractivity contribution is 7.18. The van der Waals surface area contributed by atoms with E-state index in [2.05, 4.69) is 17.1 Å². The number of carbonyl (C=O) groups excluding carboxylic acids is 2. The quantitative estimate of drug-likeness (QED) is 0.618. The zero-order valence-electron chi connectivity index (χ0n) is 16.9. The number of rotatable bonds is 5. The van der Waals surface area contributed by atoms with E-state index in [1.807, 2.05) is 13.0 Å². The Morgan fingerprint density at radius 1 is 1.07 bits per heavy atom. The number of nitrogens with one attached hydrogen (secondary N) is 1. The van der Waals surface area contributed by atoms with Crippen LogP contribution in [0.4, 0.5) is 5.00 Å². The number of benzene rings is 1. The van der Waals surface area contributed by atoms with Crippen molar-refractivity contribution in [2.24, 2.45) is 5.92 Å². The smallest absolute Gasteiger partial charge is 0.264 e. The third-order valence-electron chi connectivity index (χ3n) is 6.02. The number of aryl methyl sites for hydroxylation is 1. The molecule has 2 aliphatic carbocycles. The van der Waals surface area contributed by atoms with Crippen LogP contribution in [0, 0.1) is 12.8 Å². The van der Waals surface area contributed by atoms with E-state index in [1.54, 1.807) is 24.3 Å². The SMILES string of the molecule is Cc1cc(NC(=O)c2ccccc2Cl)sc1C(=O)N(C1CCC(C)CC1)C1CC1. The number of amides is 2. The van der Waals surface area contributed by atoms with Gasteiger partial charge in [0, 0.05) is 12.1 Å². The van der Waals surface area contributed by atoms with Crippen LogP contribution in [-0.4, -0.2) is 28.8 Å². The molecule has 0 saturated heterocycles. The summed E-state index contributed by atoms with van der Waals surface area (Å²) in [5.41, 5.74) is 1.35. The molecule has 29 heavy (non-hydrogen) atoms. The molecule has 6 heteroatoms. The van der Waals surface area contributed by atoms with Gasteiger partial charge in [-0.2, -0.15) is 0 Å². The van der Waals surface area contributed by atoms with E-state index in [1.165, 1.54) is 24.2 Å². The van der Waals surface area contributed by atoms with E-state index >= 15 is 0 Å². The van der Waals surface area contributed by atoms with E-state index in [-0.39, 0.29) is 11.8 Å². The predicted octanol–water partition coefficient (Wildman–Crippen LogP) is 6.15. The van der Waals surface area contributed by atoms with Crippen molar-refractivity contribution in [1.82, 2.24) is 4.90 Å². The fourth-order valence-electron chi connectivity index (χ4n) is 4.20. The second-order valence-corrected chi connectivity index (χ2v) is 9.87. The lowest BCUT2D eigenvalue weighted by atomic mass is 9.86. The first-order chi connectivity index (χ1) is 13.9. The van der Waals surface area contributed by atoms with Crippen molar-refractivity contribution >= 4 is 39.8 Å². The Morgan fingerprint density at radius 3 is 2.31 bits per heavy atom. The molecule has 2 saturated carbocycles. The zero-order valence-corrected chi connectivity index (χ0v) is 18.5. The van der Waals surface area contributed by atoms with Gasteiger partial charge in [0.25, 0.3) is 11.8 Å². The molecule has 0 atom stereocenters. The fraction of sp³-hybridized carbons (Fsp3) is 0.478. The van der Waals surface area contributed by atoms with Crippen LogP contribution in [0.5, 0.6) is 0 Å². The largest absolute Gasteiger partial charge is 0.332 e. The Labute approximate surface area is 181 Å². The fourth-order valence-corrected chi connectivity index (χ4v) is 5.43. The van der Waals surface area contributed by atoms with Gasteiger partial charge in [-0.05, 0) is 75.1 Å². The third-order valence-corrected chi connectivity index (χ3v) is 7.49. The van der Waals surface area contributed by atoms with Gasteiger partial charge < -0.3 is 10.2 Å². The Hall–Kier alpha value is -1.85. The highest BCUT2D eigenvalue weighted by Crippen LogP contribution is 2.38. The first-order valence-corrected chi connectivity index (χ1v) is 11.6. The predicted molar refractivity (Wildman–Crippen MR) is 119 cm³/mol. The molecule has 154 valence electrons.